The van der Waals surface area contributed by atoms with Crippen molar-refractivity contribution in [3.63, 3.8) is 0 Å². The minimum atomic E-state index is 0.103. The smallest absolute Gasteiger partial charge is 0.118 e. The first-order chi connectivity index (χ1) is 6.67. The molecule has 0 aliphatic carbocycles. The largest absolute Gasteiger partial charge is 0.508 e. The number of phenols is 1. The van der Waals surface area contributed by atoms with Gasteiger partial charge in [0.05, 0.1) is 0 Å². The molecule has 1 aromatic rings. The number of halogens is 1. The summed E-state index contributed by atoms with van der Waals surface area (Å²) in [5.41, 5.74) is 7.72. The highest BCUT2D eigenvalue weighted by molar-refractivity contribution is 6.17. The summed E-state index contributed by atoms with van der Waals surface area (Å²) in [4.78, 5) is 0. The van der Waals surface area contributed by atoms with Gasteiger partial charge in [0.1, 0.15) is 5.75 Å². The summed E-state index contributed by atoms with van der Waals surface area (Å²) in [6, 6.07) is 5.52. The molecule has 3 N–H and O–H groups in total. The number of alkyl halides is 1. The van der Waals surface area contributed by atoms with Gasteiger partial charge in [0.2, 0.25) is 0 Å². The van der Waals surface area contributed by atoms with Crippen LogP contribution in [0.15, 0.2) is 18.2 Å². The molecule has 14 heavy (non-hydrogen) atoms. The van der Waals surface area contributed by atoms with Crippen LogP contribution < -0.4 is 5.73 Å². The molecule has 3 heteroatoms. The molecule has 1 rings (SSSR count). The van der Waals surface area contributed by atoms with Crippen molar-refractivity contribution in [1.82, 2.24) is 0 Å². The third-order valence-electron chi connectivity index (χ3n) is 2.30. The van der Waals surface area contributed by atoms with Gasteiger partial charge in [0.15, 0.2) is 0 Å². The molecule has 0 spiro atoms. The Hall–Kier alpha value is -0.730. The van der Waals surface area contributed by atoms with Crippen molar-refractivity contribution >= 4 is 11.6 Å². The van der Waals surface area contributed by atoms with Crippen LogP contribution in [0, 0.1) is 0 Å². The molecule has 0 radical (unpaired) electrons. The van der Waals surface area contributed by atoms with E-state index in [1.165, 1.54) is 0 Å². The third-order valence-corrected chi connectivity index (χ3v) is 2.61. The summed E-state index contributed by atoms with van der Waals surface area (Å²) in [5, 5.41) is 9.58. The lowest BCUT2D eigenvalue weighted by molar-refractivity contribution is 0.463. The Balaban J connectivity index is 2.83. The average molecular weight is 214 g/mol. The first-order valence-electron chi connectivity index (χ1n) is 4.79. The summed E-state index contributed by atoms with van der Waals surface area (Å²) in [7, 11) is 0. The predicted molar refractivity (Wildman–Crippen MR) is 59.6 cm³/mol. The highest BCUT2D eigenvalue weighted by atomic mass is 35.5. The van der Waals surface area contributed by atoms with Gasteiger partial charge < -0.3 is 10.8 Å². The van der Waals surface area contributed by atoms with E-state index in [1.54, 1.807) is 6.07 Å². The topological polar surface area (TPSA) is 46.2 Å². The van der Waals surface area contributed by atoms with Crippen molar-refractivity contribution in [3.8, 4) is 5.75 Å². The Morgan fingerprint density at radius 2 is 2.21 bits per heavy atom. The Kier molecular flexibility index (Phi) is 4.23. The SMILES string of the molecule is CCC(N)Cc1cc(CCl)ccc1O. The van der Waals surface area contributed by atoms with E-state index in [4.69, 9.17) is 17.3 Å². The Morgan fingerprint density at radius 3 is 2.79 bits per heavy atom. The maximum Gasteiger partial charge on any atom is 0.118 e. The normalized spacial score (nSPS) is 12.8. The van der Waals surface area contributed by atoms with Crippen LogP contribution in [0.5, 0.6) is 5.75 Å². The number of nitrogens with two attached hydrogens (primary N) is 1. The van der Waals surface area contributed by atoms with Crippen LogP contribution >= 0.6 is 11.6 Å². The van der Waals surface area contributed by atoms with Crippen LogP contribution in [-0.2, 0) is 12.3 Å². The molecule has 0 aliphatic rings. The number of rotatable bonds is 4. The first-order valence-corrected chi connectivity index (χ1v) is 5.33. The summed E-state index contributed by atoms with van der Waals surface area (Å²) in [5.74, 6) is 0.775. The molecular formula is C11H16ClNO. The lowest BCUT2D eigenvalue weighted by atomic mass is 10.0. The third kappa shape index (κ3) is 2.89. The average Bonchev–Trinajstić information content (AvgIpc) is 2.21. The zero-order chi connectivity index (χ0) is 10.6. The first kappa shape index (κ1) is 11.3. The van der Waals surface area contributed by atoms with Crippen LogP contribution in [0.1, 0.15) is 24.5 Å². The van der Waals surface area contributed by atoms with Gasteiger partial charge in [-0.3, -0.25) is 0 Å². The van der Waals surface area contributed by atoms with Crippen molar-refractivity contribution in [2.45, 2.75) is 31.7 Å². The number of phenolic OH excluding ortho intramolecular Hbond substituents is 1. The van der Waals surface area contributed by atoms with E-state index in [0.717, 1.165) is 17.5 Å². The quantitative estimate of drug-likeness (QED) is 0.755. The predicted octanol–water partition coefficient (Wildman–Crippen LogP) is 2.41. The molecule has 78 valence electrons. The maximum atomic E-state index is 9.58. The van der Waals surface area contributed by atoms with E-state index < -0.39 is 0 Å². The van der Waals surface area contributed by atoms with Gasteiger partial charge in [-0.05, 0) is 30.0 Å². The van der Waals surface area contributed by atoms with Gasteiger partial charge >= 0.3 is 0 Å². The molecule has 1 unspecified atom stereocenters. The lowest BCUT2D eigenvalue weighted by Crippen LogP contribution is -2.21. The van der Waals surface area contributed by atoms with Crippen molar-refractivity contribution in [1.29, 1.82) is 0 Å². The van der Waals surface area contributed by atoms with Gasteiger partial charge in [-0.1, -0.05) is 19.1 Å². The fraction of sp³-hybridized carbons (Fsp3) is 0.455. The lowest BCUT2D eigenvalue weighted by Gasteiger charge is -2.11. The Labute approximate surface area is 89.7 Å². The molecule has 0 amide bonds. The second kappa shape index (κ2) is 5.23. The minimum absolute atomic E-state index is 0.103. The Bertz CT molecular complexity index is 301. The molecule has 0 aliphatic heterocycles. The van der Waals surface area contributed by atoms with Gasteiger partial charge in [0, 0.05) is 11.9 Å². The zero-order valence-corrected chi connectivity index (χ0v) is 9.09. The zero-order valence-electron chi connectivity index (χ0n) is 8.33. The Morgan fingerprint density at radius 1 is 1.50 bits per heavy atom. The second-order valence-electron chi connectivity index (χ2n) is 3.47. The molecule has 0 aromatic heterocycles. The molecule has 0 saturated heterocycles. The van der Waals surface area contributed by atoms with Gasteiger partial charge in [0.25, 0.3) is 0 Å². The minimum Gasteiger partial charge on any atom is -0.508 e. The van der Waals surface area contributed by atoms with Gasteiger partial charge in [-0.25, -0.2) is 0 Å². The van der Waals surface area contributed by atoms with Crippen molar-refractivity contribution < 1.29 is 5.11 Å². The van der Waals surface area contributed by atoms with E-state index in [1.807, 2.05) is 19.1 Å². The summed E-state index contributed by atoms with van der Waals surface area (Å²) in [6.45, 7) is 2.03. The fourth-order valence-electron chi connectivity index (χ4n) is 1.31. The van der Waals surface area contributed by atoms with Crippen molar-refractivity contribution in [3.05, 3.63) is 29.3 Å². The van der Waals surface area contributed by atoms with E-state index in [-0.39, 0.29) is 6.04 Å². The summed E-state index contributed by atoms with van der Waals surface area (Å²) >= 11 is 5.71. The summed E-state index contributed by atoms with van der Waals surface area (Å²) < 4.78 is 0. The number of hydrogen-bond acceptors (Lipinski definition) is 2. The molecule has 0 fully saturated rings. The summed E-state index contributed by atoms with van der Waals surface area (Å²) in [6.07, 6.45) is 1.61. The van der Waals surface area contributed by atoms with Gasteiger partial charge in [-0.2, -0.15) is 0 Å². The molecule has 0 bridgehead atoms. The number of benzene rings is 1. The van der Waals surface area contributed by atoms with E-state index in [0.29, 0.717) is 18.1 Å². The van der Waals surface area contributed by atoms with E-state index in [2.05, 4.69) is 0 Å². The molecule has 1 atom stereocenters. The van der Waals surface area contributed by atoms with E-state index in [9.17, 15) is 5.11 Å². The van der Waals surface area contributed by atoms with Crippen LogP contribution in [0.4, 0.5) is 0 Å². The highest BCUT2D eigenvalue weighted by Crippen LogP contribution is 2.21. The van der Waals surface area contributed by atoms with Crippen LogP contribution in [-0.4, -0.2) is 11.1 Å². The van der Waals surface area contributed by atoms with E-state index >= 15 is 0 Å². The molecular weight excluding hydrogens is 198 g/mol. The number of hydrogen-bond donors (Lipinski definition) is 2. The molecule has 0 heterocycles. The van der Waals surface area contributed by atoms with Gasteiger partial charge in [-0.15, -0.1) is 11.6 Å². The highest BCUT2D eigenvalue weighted by Gasteiger charge is 2.06. The molecule has 2 nitrogen and oxygen atoms in total. The van der Waals surface area contributed by atoms with Crippen LogP contribution in [0.2, 0.25) is 0 Å². The standard InChI is InChI=1S/C11H16ClNO/c1-2-10(13)6-9-5-8(7-12)3-4-11(9)14/h3-5,10,14H,2,6-7,13H2,1H3. The second-order valence-corrected chi connectivity index (χ2v) is 3.74. The number of aromatic hydroxyl groups is 1. The molecule has 0 saturated carbocycles. The monoisotopic (exact) mass is 213 g/mol. The van der Waals surface area contributed by atoms with Crippen molar-refractivity contribution in [2.75, 3.05) is 0 Å². The van der Waals surface area contributed by atoms with Crippen LogP contribution in [0.3, 0.4) is 0 Å². The fourth-order valence-corrected chi connectivity index (χ4v) is 1.48. The maximum absolute atomic E-state index is 9.58. The van der Waals surface area contributed by atoms with Crippen LogP contribution in [0.25, 0.3) is 0 Å². The van der Waals surface area contributed by atoms with Crippen molar-refractivity contribution in [2.24, 2.45) is 5.73 Å². The molecule has 1 aromatic carbocycles.